The summed E-state index contributed by atoms with van der Waals surface area (Å²) in [7, 11) is 1.54. The van der Waals surface area contributed by atoms with Crippen LogP contribution >= 0.6 is 0 Å². The lowest BCUT2D eigenvalue weighted by Gasteiger charge is -2.25. The SMILES string of the molecule is CCCOc1ccc(/C(O)=C2/C(=O)C(=O)N(CCOC)C2c2cccc(OCc3ccc(C)cc3)c2)cc1. The van der Waals surface area contributed by atoms with E-state index in [2.05, 4.69) is 0 Å². The number of Topliss-reactive ketones (excluding diaryl/α,β-unsaturated/α-hetero) is 1. The number of hydrogen-bond acceptors (Lipinski definition) is 6. The molecule has 3 aromatic rings. The van der Waals surface area contributed by atoms with Gasteiger partial charge in [0, 0.05) is 19.2 Å². The first-order valence-corrected chi connectivity index (χ1v) is 12.7. The Labute approximate surface area is 223 Å². The molecular formula is C31H33NO6. The highest BCUT2D eigenvalue weighted by atomic mass is 16.5. The topological polar surface area (TPSA) is 85.3 Å². The van der Waals surface area contributed by atoms with Crippen molar-refractivity contribution in [3.05, 3.63) is 101 Å². The van der Waals surface area contributed by atoms with Crippen LogP contribution in [0.15, 0.2) is 78.4 Å². The molecule has 0 radical (unpaired) electrons. The first-order valence-electron chi connectivity index (χ1n) is 12.7. The highest BCUT2D eigenvalue weighted by molar-refractivity contribution is 6.46. The molecule has 0 bridgehead atoms. The minimum absolute atomic E-state index is 0.0315. The number of carbonyl (C=O) groups is 2. The molecule has 0 saturated carbocycles. The Bertz CT molecular complexity index is 1300. The van der Waals surface area contributed by atoms with Crippen LogP contribution < -0.4 is 9.47 Å². The van der Waals surface area contributed by atoms with Crippen LogP contribution in [-0.2, 0) is 20.9 Å². The Hall–Kier alpha value is -4.10. The fourth-order valence-corrected chi connectivity index (χ4v) is 4.36. The first-order chi connectivity index (χ1) is 18.4. The molecule has 7 heteroatoms. The van der Waals surface area contributed by atoms with Gasteiger partial charge in [0.1, 0.15) is 23.9 Å². The number of aliphatic hydroxyl groups is 1. The second-order valence-corrected chi connectivity index (χ2v) is 9.20. The van der Waals surface area contributed by atoms with Gasteiger partial charge in [0.25, 0.3) is 11.7 Å². The van der Waals surface area contributed by atoms with Crippen LogP contribution in [0.5, 0.6) is 11.5 Å². The molecule has 4 rings (SSSR count). The molecule has 1 aliphatic rings. The van der Waals surface area contributed by atoms with Crippen molar-refractivity contribution < 1.29 is 28.9 Å². The van der Waals surface area contributed by atoms with Gasteiger partial charge in [-0.25, -0.2) is 0 Å². The third-order valence-electron chi connectivity index (χ3n) is 6.38. The lowest BCUT2D eigenvalue weighted by Crippen LogP contribution is -2.32. The molecule has 1 amide bonds. The molecule has 38 heavy (non-hydrogen) atoms. The number of aryl methyl sites for hydroxylation is 1. The molecule has 1 atom stereocenters. The van der Waals surface area contributed by atoms with E-state index in [1.165, 1.54) is 17.6 Å². The average Bonchev–Trinajstić information content (AvgIpc) is 3.19. The highest BCUT2D eigenvalue weighted by Gasteiger charge is 2.46. The maximum atomic E-state index is 13.2. The average molecular weight is 516 g/mol. The number of aliphatic hydroxyl groups excluding tert-OH is 1. The number of benzene rings is 3. The number of amides is 1. The van der Waals surface area contributed by atoms with Gasteiger partial charge in [-0.3, -0.25) is 9.59 Å². The van der Waals surface area contributed by atoms with Gasteiger partial charge in [0.2, 0.25) is 0 Å². The van der Waals surface area contributed by atoms with Crippen molar-refractivity contribution in [2.24, 2.45) is 0 Å². The number of likely N-dealkylation sites (tertiary alicyclic amines) is 1. The van der Waals surface area contributed by atoms with Crippen molar-refractivity contribution >= 4 is 17.4 Å². The van der Waals surface area contributed by atoms with E-state index in [9.17, 15) is 14.7 Å². The van der Waals surface area contributed by atoms with E-state index in [0.29, 0.717) is 35.8 Å². The largest absolute Gasteiger partial charge is 0.507 e. The molecule has 3 aromatic carbocycles. The molecule has 1 unspecified atom stereocenters. The summed E-state index contributed by atoms with van der Waals surface area (Å²) in [6.07, 6.45) is 0.875. The van der Waals surface area contributed by atoms with Crippen LogP contribution in [0, 0.1) is 6.92 Å². The zero-order valence-electron chi connectivity index (χ0n) is 22.0. The highest BCUT2D eigenvalue weighted by Crippen LogP contribution is 2.40. The van der Waals surface area contributed by atoms with Crippen molar-refractivity contribution in [2.45, 2.75) is 32.9 Å². The Morgan fingerprint density at radius 3 is 2.34 bits per heavy atom. The van der Waals surface area contributed by atoms with Gasteiger partial charge in [0.15, 0.2) is 0 Å². The first kappa shape index (κ1) is 26.9. The second kappa shape index (κ2) is 12.4. The van der Waals surface area contributed by atoms with Crippen molar-refractivity contribution in [3.63, 3.8) is 0 Å². The van der Waals surface area contributed by atoms with Gasteiger partial charge in [-0.2, -0.15) is 0 Å². The summed E-state index contributed by atoms with van der Waals surface area (Å²) in [5.74, 6) is -0.388. The summed E-state index contributed by atoms with van der Waals surface area (Å²) in [5.41, 5.74) is 3.31. The Balaban J connectivity index is 1.68. The summed E-state index contributed by atoms with van der Waals surface area (Å²) in [6, 6.07) is 21.4. The molecule has 198 valence electrons. The normalized spacial score (nSPS) is 16.6. The molecule has 1 heterocycles. The molecular weight excluding hydrogens is 482 g/mol. The zero-order chi connectivity index (χ0) is 27.1. The van der Waals surface area contributed by atoms with Gasteiger partial charge < -0.3 is 24.2 Å². The lowest BCUT2D eigenvalue weighted by atomic mass is 9.95. The summed E-state index contributed by atoms with van der Waals surface area (Å²) >= 11 is 0. The predicted molar refractivity (Wildman–Crippen MR) is 145 cm³/mol. The molecule has 7 nitrogen and oxygen atoms in total. The molecule has 0 spiro atoms. The fourth-order valence-electron chi connectivity index (χ4n) is 4.36. The minimum atomic E-state index is -0.788. The molecule has 1 N–H and O–H groups in total. The Kier molecular flexibility index (Phi) is 8.81. The van der Waals surface area contributed by atoms with Crippen LogP contribution in [0.2, 0.25) is 0 Å². The fraction of sp³-hybridized carbons (Fsp3) is 0.290. The van der Waals surface area contributed by atoms with E-state index in [0.717, 1.165) is 12.0 Å². The number of hydrogen-bond donors (Lipinski definition) is 1. The van der Waals surface area contributed by atoms with E-state index < -0.39 is 17.7 Å². The maximum Gasteiger partial charge on any atom is 0.295 e. The Morgan fingerprint density at radius 1 is 0.921 bits per heavy atom. The van der Waals surface area contributed by atoms with E-state index >= 15 is 0 Å². The summed E-state index contributed by atoms with van der Waals surface area (Å²) < 4.78 is 16.8. The standard InChI is InChI=1S/C31H33NO6/c1-4-17-37-25-14-12-23(13-15-25)29(33)27-28(32(16-18-36-3)31(35)30(27)34)24-6-5-7-26(19-24)38-20-22-10-8-21(2)9-11-22/h5-15,19,28,33H,4,16-18,20H2,1-3H3/b29-27-. The summed E-state index contributed by atoms with van der Waals surface area (Å²) in [5, 5.41) is 11.3. The van der Waals surface area contributed by atoms with Crippen molar-refractivity contribution in [2.75, 3.05) is 26.9 Å². The zero-order valence-corrected chi connectivity index (χ0v) is 22.0. The molecule has 0 aromatic heterocycles. The molecule has 1 fully saturated rings. The van der Waals surface area contributed by atoms with Crippen LogP contribution in [0.3, 0.4) is 0 Å². The van der Waals surface area contributed by atoms with Gasteiger partial charge in [-0.1, -0.05) is 48.9 Å². The summed E-state index contributed by atoms with van der Waals surface area (Å²) in [6.45, 7) is 5.45. The number of ketones is 1. The van der Waals surface area contributed by atoms with Gasteiger partial charge in [-0.05, 0) is 60.9 Å². The van der Waals surface area contributed by atoms with E-state index in [1.54, 1.807) is 30.3 Å². The van der Waals surface area contributed by atoms with Crippen LogP contribution in [0.1, 0.15) is 41.6 Å². The van der Waals surface area contributed by atoms with E-state index in [4.69, 9.17) is 14.2 Å². The maximum absolute atomic E-state index is 13.2. The summed E-state index contributed by atoms with van der Waals surface area (Å²) in [4.78, 5) is 27.7. The number of nitrogens with zero attached hydrogens (tertiary/aromatic N) is 1. The minimum Gasteiger partial charge on any atom is -0.507 e. The quantitative estimate of drug-likeness (QED) is 0.208. The predicted octanol–water partition coefficient (Wildman–Crippen LogP) is 5.43. The number of ether oxygens (including phenoxy) is 3. The smallest absolute Gasteiger partial charge is 0.295 e. The van der Waals surface area contributed by atoms with Crippen molar-refractivity contribution in [1.82, 2.24) is 4.90 Å². The van der Waals surface area contributed by atoms with Gasteiger partial charge >= 0.3 is 0 Å². The number of rotatable bonds is 11. The Morgan fingerprint density at radius 2 is 1.66 bits per heavy atom. The lowest BCUT2D eigenvalue weighted by molar-refractivity contribution is -0.140. The van der Waals surface area contributed by atoms with Gasteiger partial charge in [-0.15, -0.1) is 0 Å². The van der Waals surface area contributed by atoms with Crippen molar-refractivity contribution in [3.8, 4) is 11.5 Å². The third-order valence-corrected chi connectivity index (χ3v) is 6.38. The molecule has 1 saturated heterocycles. The third kappa shape index (κ3) is 6.06. The number of carbonyl (C=O) groups excluding carboxylic acids is 2. The van der Waals surface area contributed by atoms with Crippen LogP contribution in [0.25, 0.3) is 5.76 Å². The van der Waals surface area contributed by atoms with Crippen molar-refractivity contribution in [1.29, 1.82) is 0 Å². The van der Waals surface area contributed by atoms with Crippen LogP contribution in [-0.4, -0.2) is 48.6 Å². The van der Waals surface area contributed by atoms with E-state index in [-0.39, 0.29) is 24.5 Å². The van der Waals surface area contributed by atoms with Crippen LogP contribution in [0.4, 0.5) is 0 Å². The molecule has 1 aliphatic heterocycles. The van der Waals surface area contributed by atoms with Gasteiger partial charge in [0.05, 0.1) is 24.8 Å². The number of methoxy groups -OCH3 is 1. The molecule has 0 aliphatic carbocycles. The van der Waals surface area contributed by atoms with E-state index in [1.807, 2.05) is 56.3 Å². The second-order valence-electron chi connectivity index (χ2n) is 9.20. The monoisotopic (exact) mass is 515 g/mol.